The van der Waals surface area contributed by atoms with Crippen LogP contribution >= 0.6 is 0 Å². The van der Waals surface area contributed by atoms with Crippen LogP contribution < -0.4 is 14.9 Å². The van der Waals surface area contributed by atoms with Gasteiger partial charge in [0.2, 0.25) is 12.0 Å². The quantitative estimate of drug-likeness (QED) is 0.357. The van der Waals surface area contributed by atoms with Crippen molar-refractivity contribution in [2.24, 2.45) is 0 Å². The van der Waals surface area contributed by atoms with E-state index in [0.717, 1.165) is 0 Å². The zero-order chi connectivity index (χ0) is 23.9. The average molecular weight is 460 g/mol. The van der Waals surface area contributed by atoms with Gasteiger partial charge in [0, 0.05) is 17.7 Å². The van der Waals surface area contributed by atoms with Crippen molar-refractivity contribution in [3.05, 3.63) is 52.7 Å². The maximum absolute atomic E-state index is 12.7. The lowest BCUT2D eigenvalue weighted by Crippen LogP contribution is -2.61. The summed E-state index contributed by atoms with van der Waals surface area (Å²) in [5, 5.41) is 49.7. The Hall–Kier alpha value is -3.64. The fourth-order valence-corrected chi connectivity index (χ4v) is 3.57. The molecule has 0 bridgehead atoms. The number of hydrogen-bond donors (Lipinski definition) is 5. The van der Waals surface area contributed by atoms with Gasteiger partial charge >= 0.3 is 5.97 Å². The van der Waals surface area contributed by atoms with Crippen LogP contribution in [0.5, 0.6) is 17.2 Å². The number of phenolic OH excluding ortho intramolecular Hbond substituents is 1. The first-order valence-electron chi connectivity index (χ1n) is 9.75. The van der Waals surface area contributed by atoms with Crippen LogP contribution in [0.3, 0.4) is 0 Å². The highest BCUT2D eigenvalue weighted by Crippen LogP contribution is 2.43. The highest BCUT2D eigenvalue weighted by molar-refractivity contribution is 5.89. The van der Waals surface area contributed by atoms with Gasteiger partial charge in [-0.2, -0.15) is 0 Å². The van der Waals surface area contributed by atoms with E-state index in [0.29, 0.717) is 5.56 Å². The second-order valence-corrected chi connectivity index (χ2v) is 7.32. The minimum absolute atomic E-state index is 0.0877. The number of carboxylic acids is 1. The fourth-order valence-electron chi connectivity index (χ4n) is 3.57. The largest absolute Gasteiger partial charge is 0.504 e. The van der Waals surface area contributed by atoms with Crippen molar-refractivity contribution in [1.82, 2.24) is 0 Å². The smallest absolute Gasteiger partial charge is 0.335 e. The van der Waals surface area contributed by atoms with E-state index in [1.54, 1.807) is 30.3 Å². The third-order valence-electron chi connectivity index (χ3n) is 5.23. The molecule has 1 saturated heterocycles. The van der Waals surface area contributed by atoms with Crippen LogP contribution in [0.1, 0.15) is 0 Å². The average Bonchev–Trinajstić information content (AvgIpc) is 2.79. The molecule has 33 heavy (non-hydrogen) atoms. The molecule has 1 aliphatic heterocycles. The number of aromatic hydroxyl groups is 1. The molecule has 4 rings (SSSR count). The normalized spacial score (nSPS) is 25.0. The molecule has 1 aliphatic rings. The van der Waals surface area contributed by atoms with Gasteiger partial charge in [0.15, 0.2) is 23.0 Å². The molecule has 1 aromatic heterocycles. The lowest BCUT2D eigenvalue weighted by Gasteiger charge is -2.38. The molecule has 5 atom stereocenters. The molecule has 5 N–H and O–H groups in total. The van der Waals surface area contributed by atoms with Crippen molar-refractivity contribution >= 4 is 16.9 Å². The summed E-state index contributed by atoms with van der Waals surface area (Å²) in [6, 6.07) is 11.1. The van der Waals surface area contributed by atoms with Gasteiger partial charge in [-0.3, -0.25) is 4.79 Å². The number of aliphatic hydroxyl groups is 3. The molecule has 11 heteroatoms. The van der Waals surface area contributed by atoms with E-state index in [2.05, 4.69) is 0 Å². The van der Waals surface area contributed by atoms with E-state index in [-0.39, 0.29) is 28.2 Å². The molecular formula is C22H20O11. The topological polar surface area (TPSA) is 176 Å². The van der Waals surface area contributed by atoms with E-state index in [9.17, 15) is 35.1 Å². The van der Waals surface area contributed by atoms with Gasteiger partial charge < -0.3 is 44.2 Å². The highest BCUT2D eigenvalue weighted by Gasteiger charge is 2.48. The zero-order valence-corrected chi connectivity index (χ0v) is 17.1. The summed E-state index contributed by atoms with van der Waals surface area (Å²) in [5.41, 5.74) is -0.0482. The molecule has 1 unspecified atom stereocenters. The van der Waals surface area contributed by atoms with Gasteiger partial charge in [-0.1, -0.05) is 30.3 Å². The standard InChI is InChI=1S/C22H20O11/c1-30-19-13(32-22-18(27)16(25)17(26)20(33-22)21(28)29)8-12-14(15(19)24)10(23)7-11(31-12)9-5-3-2-4-6-9/h2-8,16-18,20,22,24-27H,1H3,(H,28,29)/t16-,17-,18+,20-,22?/m0/s1. The number of fused-ring (bicyclic) bond motifs is 1. The Morgan fingerprint density at radius 3 is 2.36 bits per heavy atom. The Morgan fingerprint density at radius 2 is 1.73 bits per heavy atom. The van der Waals surface area contributed by atoms with Gasteiger partial charge in [0.05, 0.1) is 7.11 Å². The van der Waals surface area contributed by atoms with Crippen LogP contribution in [-0.4, -0.2) is 69.3 Å². The molecule has 0 radical (unpaired) electrons. The Labute approximate surface area is 185 Å². The summed E-state index contributed by atoms with van der Waals surface area (Å²) in [6.07, 6.45) is -9.31. The molecule has 0 amide bonds. The van der Waals surface area contributed by atoms with Crippen LogP contribution in [-0.2, 0) is 9.53 Å². The third kappa shape index (κ3) is 3.98. The second kappa shape index (κ2) is 8.71. The van der Waals surface area contributed by atoms with E-state index in [4.69, 9.17) is 18.6 Å². The maximum atomic E-state index is 12.7. The lowest BCUT2D eigenvalue weighted by atomic mass is 9.99. The third-order valence-corrected chi connectivity index (χ3v) is 5.23. The van der Waals surface area contributed by atoms with Gasteiger partial charge in [-0.05, 0) is 0 Å². The van der Waals surface area contributed by atoms with E-state index >= 15 is 0 Å². The molecule has 0 spiro atoms. The van der Waals surface area contributed by atoms with Crippen molar-refractivity contribution in [2.75, 3.05) is 7.11 Å². The van der Waals surface area contributed by atoms with Crippen molar-refractivity contribution in [3.8, 4) is 28.6 Å². The number of ether oxygens (including phenoxy) is 3. The summed E-state index contributed by atoms with van der Waals surface area (Å²) in [5.74, 6) is -2.58. The van der Waals surface area contributed by atoms with Crippen molar-refractivity contribution in [1.29, 1.82) is 0 Å². The van der Waals surface area contributed by atoms with Crippen LogP contribution in [0, 0.1) is 0 Å². The summed E-state index contributed by atoms with van der Waals surface area (Å²) in [7, 11) is 1.19. The molecule has 1 fully saturated rings. The van der Waals surface area contributed by atoms with Gasteiger partial charge in [0.25, 0.3) is 0 Å². The minimum Gasteiger partial charge on any atom is -0.504 e. The first-order chi connectivity index (χ1) is 15.7. The Kier molecular flexibility index (Phi) is 5.95. The molecular weight excluding hydrogens is 440 g/mol. The number of hydrogen-bond acceptors (Lipinski definition) is 10. The number of aliphatic carboxylic acids is 1. The number of carbonyl (C=O) groups is 1. The van der Waals surface area contributed by atoms with Crippen LogP contribution in [0.2, 0.25) is 0 Å². The molecule has 0 aliphatic carbocycles. The van der Waals surface area contributed by atoms with E-state index in [1.165, 1.54) is 19.2 Å². The number of carboxylic acid groups (broad SMARTS) is 1. The summed E-state index contributed by atoms with van der Waals surface area (Å²) < 4.78 is 21.5. The zero-order valence-electron chi connectivity index (χ0n) is 17.1. The molecule has 11 nitrogen and oxygen atoms in total. The summed E-state index contributed by atoms with van der Waals surface area (Å²) in [4.78, 5) is 24.0. The summed E-state index contributed by atoms with van der Waals surface area (Å²) >= 11 is 0. The van der Waals surface area contributed by atoms with Crippen molar-refractivity contribution < 1.29 is 49.0 Å². The fraction of sp³-hybridized carbons (Fsp3) is 0.273. The summed E-state index contributed by atoms with van der Waals surface area (Å²) in [6.45, 7) is 0. The number of aliphatic hydroxyl groups excluding tert-OH is 3. The second-order valence-electron chi connectivity index (χ2n) is 7.32. The Morgan fingerprint density at radius 1 is 1.03 bits per heavy atom. The number of rotatable bonds is 5. The van der Waals surface area contributed by atoms with E-state index < -0.39 is 47.9 Å². The monoisotopic (exact) mass is 460 g/mol. The highest BCUT2D eigenvalue weighted by atomic mass is 16.7. The number of phenols is 1. The van der Waals surface area contributed by atoms with Crippen LogP contribution in [0.25, 0.3) is 22.3 Å². The van der Waals surface area contributed by atoms with Crippen molar-refractivity contribution in [2.45, 2.75) is 30.7 Å². The molecule has 174 valence electrons. The van der Waals surface area contributed by atoms with Crippen LogP contribution in [0.15, 0.2) is 51.7 Å². The molecule has 0 saturated carbocycles. The first kappa shape index (κ1) is 22.6. The van der Waals surface area contributed by atoms with Crippen LogP contribution in [0.4, 0.5) is 0 Å². The Balaban J connectivity index is 1.80. The molecule has 3 aromatic rings. The SMILES string of the molecule is COc1c(OC2O[C@H](C(=O)O)[C@@H](O)[C@H](O)[C@H]2O)cc2oc(-c3ccccc3)cc(=O)c2c1O. The number of benzene rings is 2. The van der Waals surface area contributed by atoms with E-state index in [1.807, 2.05) is 0 Å². The van der Waals surface area contributed by atoms with Gasteiger partial charge in [0.1, 0.15) is 35.0 Å². The lowest BCUT2D eigenvalue weighted by molar-refractivity contribution is -0.271. The molecule has 2 heterocycles. The maximum Gasteiger partial charge on any atom is 0.335 e. The minimum atomic E-state index is -1.91. The first-order valence-corrected chi connectivity index (χ1v) is 9.75. The van der Waals surface area contributed by atoms with Gasteiger partial charge in [-0.15, -0.1) is 0 Å². The predicted molar refractivity (Wildman–Crippen MR) is 111 cm³/mol. The Bertz CT molecular complexity index is 1240. The predicted octanol–water partition coefficient (Wildman–Crippen LogP) is 0.445. The van der Waals surface area contributed by atoms with Gasteiger partial charge in [-0.25, -0.2) is 4.79 Å². The molecule has 2 aromatic carbocycles. The number of methoxy groups -OCH3 is 1. The van der Waals surface area contributed by atoms with Crippen molar-refractivity contribution in [3.63, 3.8) is 0 Å².